The van der Waals surface area contributed by atoms with Gasteiger partial charge in [0, 0.05) is 11.6 Å². The first-order valence-electron chi connectivity index (χ1n) is 13.2. The second-order valence-corrected chi connectivity index (χ2v) is 10.2. The minimum absolute atomic E-state index is 0.103. The molecule has 1 aromatic heterocycles. The molecule has 240 valence electrons. The fraction of sp³-hybridized carbons (Fsp3) is 0.444. The molecule has 10 atom stereocenters. The number of aliphatic hydroxyl groups excluding tert-OH is 8. The van der Waals surface area contributed by atoms with Crippen LogP contribution >= 0.6 is 0 Å². The maximum Gasteiger partial charge on any atom is 0.229 e. The molecule has 0 bridgehead atoms. The average molecular weight is 627 g/mol. The Hall–Kier alpha value is -3.75. The fourth-order valence-electron chi connectivity index (χ4n) is 4.86. The molecule has 17 heteroatoms. The molecule has 2 aliphatic rings. The van der Waals surface area contributed by atoms with Gasteiger partial charge in [0.1, 0.15) is 65.7 Å². The predicted octanol–water partition coefficient (Wildman–Crippen LogP) is -3.07. The number of phenols is 3. The van der Waals surface area contributed by atoms with Crippen LogP contribution in [-0.4, -0.2) is 131 Å². The summed E-state index contributed by atoms with van der Waals surface area (Å²) in [5, 5.41) is 112. The highest BCUT2D eigenvalue weighted by Gasteiger charge is 2.47. The van der Waals surface area contributed by atoms with Crippen LogP contribution in [0.15, 0.2) is 39.5 Å². The first kappa shape index (κ1) is 31.7. The van der Waals surface area contributed by atoms with Gasteiger partial charge in [-0.05, 0) is 24.3 Å². The van der Waals surface area contributed by atoms with Gasteiger partial charge in [-0.15, -0.1) is 0 Å². The Kier molecular flexibility index (Phi) is 8.87. The van der Waals surface area contributed by atoms with Crippen molar-refractivity contribution < 1.29 is 79.5 Å². The highest BCUT2D eigenvalue weighted by molar-refractivity contribution is 5.95. The van der Waals surface area contributed by atoms with E-state index < -0.39 is 114 Å². The second kappa shape index (κ2) is 12.3. The molecule has 0 radical (unpaired) electrons. The molecule has 0 spiro atoms. The fourth-order valence-corrected chi connectivity index (χ4v) is 4.86. The number of aliphatic hydroxyl groups is 8. The van der Waals surface area contributed by atoms with Crippen molar-refractivity contribution in [3.05, 3.63) is 40.6 Å². The Morgan fingerprint density at radius 3 is 1.66 bits per heavy atom. The number of rotatable bonds is 7. The minimum Gasteiger partial charge on any atom is -0.508 e. The first-order chi connectivity index (χ1) is 20.9. The molecule has 0 amide bonds. The summed E-state index contributed by atoms with van der Waals surface area (Å²) >= 11 is 0. The summed E-state index contributed by atoms with van der Waals surface area (Å²) < 4.78 is 27.5. The normalized spacial score (nSPS) is 32.5. The van der Waals surface area contributed by atoms with Crippen LogP contribution in [0.3, 0.4) is 0 Å². The smallest absolute Gasteiger partial charge is 0.229 e. The SMILES string of the molecule is O=c1cc(-c2ccc(O)cc2)oc2c(O[C@@H]3O[C@H](CO)[C@@H](O)[C@H](O)[C@@H]3O)c(O)c(O[C@@H]3O[C@H](CO)[C@H](O)[C@@H](O)[C@H]3O)c(O)c12. The summed E-state index contributed by atoms with van der Waals surface area (Å²) in [6.45, 7) is -1.67. The van der Waals surface area contributed by atoms with Crippen LogP contribution < -0.4 is 14.9 Å². The lowest BCUT2D eigenvalue weighted by Crippen LogP contribution is -2.60. The van der Waals surface area contributed by atoms with Crippen LogP contribution in [0.4, 0.5) is 0 Å². The summed E-state index contributed by atoms with van der Waals surface area (Å²) in [6.07, 6.45) is -18.2. The van der Waals surface area contributed by atoms with Gasteiger partial charge in [0.2, 0.25) is 29.8 Å². The van der Waals surface area contributed by atoms with E-state index in [1.165, 1.54) is 24.3 Å². The lowest BCUT2D eigenvalue weighted by atomic mass is 9.99. The van der Waals surface area contributed by atoms with Crippen molar-refractivity contribution in [2.24, 2.45) is 0 Å². The van der Waals surface area contributed by atoms with Crippen LogP contribution in [0.1, 0.15) is 0 Å². The molecule has 2 fully saturated rings. The Balaban J connectivity index is 1.67. The van der Waals surface area contributed by atoms with Gasteiger partial charge in [0.05, 0.1) is 13.2 Å². The highest BCUT2D eigenvalue weighted by Crippen LogP contribution is 2.51. The Labute approximate surface area is 246 Å². The standard InChI is InChI=1S/C27H30O17/c28-6-12-15(32)18(35)20(37)26(41-12)43-24-17(34)14-10(31)5-11(8-1-3-9(30)4-2-8)40-23(14)25(22(24)39)44-27-21(38)19(36)16(33)13(7-29)42-27/h1-5,12-13,15-16,18-21,26-30,32-39H,6-7H2/t12-,13-,15+,16-,18-,19+,20-,21+,26+,27+/m1/s1. The van der Waals surface area contributed by atoms with E-state index in [9.17, 15) is 61.0 Å². The summed E-state index contributed by atoms with van der Waals surface area (Å²) in [4.78, 5) is 13.3. The maximum absolute atomic E-state index is 13.3. The number of hydrogen-bond acceptors (Lipinski definition) is 17. The van der Waals surface area contributed by atoms with Crippen LogP contribution in [0.25, 0.3) is 22.3 Å². The molecule has 2 saturated heterocycles. The summed E-state index contributed by atoms with van der Waals surface area (Å²) in [5.41, 5.74) is -1.33. The number of aromatic hydroxyl groups is 3. The van der Waals surface area contributed by atoms with Crippen molar-refractivity contribution in [2.45, 2.75) is 61.4 Å². The molecular weight excluding hydrogens is 596 g/mol. The maximum atomic E-state index is 13.3. The molecular formula is C27H30O17. The summed E-state index contributed by atoms with van der Waals surface area (Å²) in [6, 6.07) is 6.29. The van der Waals surface area contributed by atoms with Gasteiger partial charge < -0.3 is 79.5 Å². The number of hydrogen-bond donors (Lipinski definition) is 11. The number of ether oxygens (including phenoxy) is 4. The van der Waals surface area contributed by atoms with Crippen molar-refractivity contribution in [1.29, 1.82) is 0 Å². The molecule has 5 rings (SSSR count). The number of phenolic OH excluding ortho intramolecular Hbond substituents is 3. The average Bonchev–Trinajstić information content (AvgIpc) is 3.01. The Morgan fingerprint density at radius 1 is 0.659 bits per heavy atom. The first-order valence-corrected chi connectivity index (χ1v) is 13.2. The third-order valence-electron chi connectivity index (χ3n) is 7.35. The van der Waals surface area contributed by atoms with Crippen molar-refractivity contribution in [1.82, 2.24) is 0 Å². The van der Waals surface area contributed by atoms with Gasteiger partial charge in [0.15, 0.2) is 16.8 Å². The van der Waals surface area contributed by atoms with E-state index >= 15 is 0 Å². The summed E-state index contributed by atoms with van der Waals surface area (Å²) in [7, 11) is 0. The van der Waals surface area contributed by atoms with Gasteiger partial charge in [-0.3, -0.25) is 4.79 Å². The van der Waals surface area contributed by atoms with E-state index in [4.69, 9.17) is 23.4 Å². The van der Waals surface area contributed by atoms with E-state index in [0.717, 1.165) is 6.07 Å². The van der Waals surface area contributed by atoms with Crippen LogP contribution in [0.2, 0.25) is 0 Å². The van der Waals surface area contributed by atoms with Crippen LogP contribution in [0.5, 0.6) is 28.7 Å². The third kappa shape index (κ3) is 5.50. The minimum atomic E-state index is -2.01. The molecule has 11 N–H and O–H groups in total. The third-order valence-corrected chi connectivity index (χ3v) is 7.35. The van der Waals surface area contributed by atoms with E-state index in [-0.39, 0.29) is 17.1 Å². The van der Waals surface area contributed by atoms with E-state index in [2.05, 4.69) is 0 Å². The molecule has 44 heavy (non-hydrogen) atoms. The molecule has 0 unspecified atom stereocenters. The van der Waals surface area contributed by atoms with Gasteiger partial charge >= 0.3 is 0 Å². The Bertz CT molecular complexity index is 1540. The summed E-state index contributed by atoms with van der Waals surface area (Å²) in [5.74, 6) is -4.28. The second-order valence-electron chi connectivity index (χ2n) is 10.2. The molecule has 3 aromatic rings. The van der Waals surface area contributed by atoms with Gasteiger partial charge in [-0.1, -0.05) is 0 Å². The lowest BCUT2D eigenvalue weighted by molar-refractivity contribution is -0.279. The quantitative estimate of drug-likeness (QED) is 0.124. The predicted molar refractivity (Wildman–Crippen MR) is 142 cm³/mol. The van der Waals surface area contributed by atoms with Crippen molar-refractivity contribution >= 4 is 11.0 Å². The number of benzene rings is 2. The zero-order chi connectivity index (χ0) is 32.0. The molecule has 3 heterocycles. The zero-order valence-electron chi connectivity index (χ0n) is 22.4. The van der Waals surface area contributed by atoms with Crippen LogP contribution in [0, 0.1) is 0 Å². The lowest BCUT2D eigenvalue weighted by Gasteiger charge is -2.40. The topological polar surface area (TPSA) is 290 Å². The van der Waals surface area contributed by atoms with Gasteiger partial charge in [0.25, 0.3) is 0 Å². The van der Waals surface area contributed by atoms with Gasteiger partial charge in [-0.25, -0.2) is 0 Å². The number of fused-ring (bicyclic) bond motifs is 1. The van der Waals surface area contributed by atoms with Crippen molar-refractivity contribution in [2.75, 3.05) is 13.2 Å². The molecule has 2 aliphatic heterocycles. The van der Waals surface area contributed by atoms with E-state index in [1.54, 1.807) is 0 Å². The largest absolute Gasteiger partial charge is 0.508 e. The van der Waals surface area contributed by atoms with Gasteiger partial charge in [-0.2, -0.15) is 0 Å². The van der Waals surface area contributed by atoms with E-state index in [0.29, 0.717) is 0 Å². The molecule has 17 nitrogen and oxygen atoms in total. The monoisotopic (exact) mass is 626 g/mol. The van der Waals surface area contributed by atoms with Crippen LogP contribution in [-0.2, 0) is 9.47 Å². The van der Waals surface area contributed by atoms with E-state index in [1.807, 2.05) is 0 Å². The highest BCUT2D eigenvalue weighted by atomic mass is 16.7. The molecule has 0 aliphatic carbocycles. The molecule has 0 saturated carbocycles. The molecule has 2 aromatic carbocycles. The van der Waals surface area contributed by atoms with Crippen molar-refractivity contribution in [3.8, 4) is 40.1 Å². The Morgan fingerprint density at radius 2 is 1.16 bits per heavy atom. The van der Waals surface area contributed by atoms with Crippen molar-refractivity contribution in [3.63, 3.8) is 0 Å². The zero-order valence-corrected chi connectivity index (χ0v) is 22.4.